The fraction of sp³-hybridized carbons (Fsp3) is 0.0270. The minimum Gasteiger partial charge on any atom is -0.306 e. The fourth-order valence-corrected chi connectivity index (χ4v) is 6.18. The van der Waals surface area contributed by atoms with E-state index in [0.29, 0.717) is 0 Å². The Morgan fingerprint density at radius 1 is 0.311 bits per heavy atom. The van der Waals surface area contributed by atoms with Gasteiger partial charge in [0.2, 0.25) is 0 Å². The highest BCUT2D eigenvalue weighted by atomic mass is 15.0. The smallest absolute Gasteiger partial charge is 0.0991 e. The summed E-state index contributed by atoms with van der Waals surface area (Å²) >= 11 is 0. The predicted molar refractivity (Wildman–Crippen MR) is 173 cm³/mol. The van der Waals surface area contributed by atoms with Gasteiger partial charge in [0.15, 0.2) is 0 Å². The lowest BCUT2D eigenvalue weighted by atomic mass is 9.65. The van der Waals surface area contributed by atoms with E-state index in [1.807, 2.05) is 68.4 Å². The molecule has 8 nitrogen and oxygen atoms in total. The van der Waals surface area contributed by atoms with Crippen molar-refractivity contribution in [3.63, 3.8) is 0 Å². The molecule has 0 aliphatic heterocycles. The van der Waals surface area contributed by atoms with Crippen LogP contribution >= 0.6 is 0 Å². The second-order valence-corrected chi connectivity index (χ2v) is 10.8. The number of imidazole rings is 4. The average Bonchev–Trinajstić information content (AvgIpc) is 3.95. The van der Waals surface area contributed by atoms with Gasteiger partial charge in [0.25, 0.3) is 0 Å². The van der Waals surface area contributed by atoms with E-state index in [-0.39, 0.29) is 0 Å². The van der Waals surface area contributed by atoms with E-state index in [2.05, 4.69) is 117 Å². The van der Waals surface area contributed by atoms with Gasteiger partial charge in [-0.1, -0.05) is 48.5 Å². The first kappa shape index (κ1) is 26.4. The van der Waals surface area contributed by atoms with Gasteiger partial charge in [-0.2, -0.15) is 0 Å². The number of hydrogen-bond donors (Lipinski definition) is 0. The third-order valence-corrected chi connectivity index (χ3v) is 8.41. The lowest BCUT2D eigenvalue weighted by molar-refractivity contribution is 0.743. The van der Waals surface area contributed by atoms with E-state index >= 15 is 0 Å². The van der Waals surface area contributed by atoms with E-state index < -0.39 is 5.41 Å². The van der Waals surface area contributed by atoms with Crippen molar-refractivity contribution in [2.45, 2.75) is 5.41 Å². The second-order valence-electron chi connectivity index (χ2n) is 10.8. The maximum Gasteiger partial charge on any atom is 0.0991 e. The number of benzene rings is 4. The van der Waals surface area contributed by atoms with Crippen molar-refractivity contribution >= 4 is 0 Å². The van der Waals surface area contributed by atoms with E-state index in [0.717, 1.165) is 45.0 Å². The Morgan fingerprint density at radius 3 is 0.711 bits per heavy atom. The van der Waals surface area contributed by atoms with Gasteiger partial charge in [0, 0.05) is 72.3 Å². The Balaban J connectivity index is 1.35. The highest BCUT2D eigenvalue weighted by Gasteiger charge is 2.38. The van der Waals surface area contributed by atoms with Crippen LogP contribution in [-0.4, -0.2) is 38.2 Å². The maximum atomic E-state index is 4.24. The molecule has 0 N–H and O–H groups in total. The van der Waals surface area contributed by atoms with E-state index in [9.17, 15) is 0 Å². The third-order valence-electron chi connectivity index (χ3n) is 8.41. The zero-order valence-electron chi connectivity index (χ0n) is 24.2. The first-order valence-corrected chi connectivity index (χ1v) is 14.6. The molecular formula is C37H28N8. The lowest BCUT2D eigenvalue weighted by Gasteiger charge is -2.37. The molecule has 216 valence electrons. The molecule has 8 rings (SSSR count). The molecule has 8 aromatic rings. The van der Waals surface area contributed by atoms with Gasteiger partial charge in [0.1, 0.15) is 0 Å². The maximum absolute atomic E-state index is 4.24. The number of rotatable bonds is 8. The van der Waals surface area contributed by atoms with Crippen molar-refractivity contribution in [3.05, 3.63) is 194 Å². The standard InChI is InChI=1S/C37H28N8/c1-9-33(42-21-17-38-25-42)10-2-29(1)37(30-3-11-34(12-4-30)43-22-18-39-26-43,31-5-13-35(14-6-31)44-23-19-40-27-44)32-7-15-36(16-8-32)45-24-20-41-28-45/h1-28H. The molecule has 0 unspecified atom stereocenters. The van der Waals surface area contributed by atoms with Crippen molar-refractivity contribution in [1.29, 1.82) is 0 Å². The van der Waals surface area contributed by atoms with Crippen LogP contribution < -0.4 is 0 Å². The van der Waals surface area contributed by atoms with Gasteiger partial charge >= 0.3 is 0 Å². The summed E-state index contributed by atoms with van der Waals surface area (Å²) < 4.78 is 8.08. The van der Waals surface area contributed by atoms with Crippen molar-refractivity contribution in [1.82, 2.24) is 38.2 Å². The molecule has 0 aliphatic carbocycles. The summed E-state index contributed by atoms with van der Waals surface area (Å²) in [7, 11) is 0. The molecule has 4 aromatic heterocycles. The summed E-state index contributed by atoms with van der Waals surface area (Å²) in [5, 5.41) is 0. The summed E-state index contributed by atoms with van der Waals surface area (Å²) in [6, 6.07) is 35.1. The highest BCUT2D eigenvalue weighted by molar-refractivity contribution is 5.62. The van der Waals surface area contributed by atoms with E-state index in [4.69, 9.17) is 0 Å². The molecule has 0 aliphatic rings. The largest absolute Gasteiger partial charge is 0.306 e. The van der Waals surface area contributed by atoms with Gasteiger partial charge in [-0.05, 0) is 70.8 Å². The van der Waals surface area contributed by atoms with Crippen LogP contribution in [0.25, 0.3) is 22.7 Å². The predicted octanol–water partition coefficient (Wildman–Crippen LogP) is 6.81. The van der Waals surface area contributed by atoms with Gasteiger partial charge in [-0.15, -0.1) is 0 Å². The Labute approximate surface area is 260 Å². The molecule has 0 atom stereocenters. The Morgan fingerprint density at radius 2 is 0.533 bits per heavy atom. The molecule has 4 heterocycles. The molecule has 45 heavy (non-hydrogen) atoms. The van der Waals surface area contributed by atoms with Crippen LogP contribution in [0.15, 0.2) is 172 Å². The molecule has 8 heteroatoms. The summed E-state index contributed by atoms with van der Waals surface area (Å²) in [5.41, 5.74) is 8.14. The van der Waals surface area contributed by atoms with E-state index in [1.54, 1.807) is 24.8 Å². The number of nitrogens with zero attached hydrogens (tertiary/aromatic N) is 8. The fourth-order valence-electron chi connectivity index (χ4n) is 6.18. The molecular weight excluding hydrogens is 556 g/mol. The monoisotopic (exact) mass is 584 g/mol. The third kappa shape index (κ3) is 4.65. The number of hydrogen-bond acceptors (Lipinski definition) is 4. The zero-order valence-corrected chi connectivity index (χ0v) is 24.2. The SMILES string of the molecule is c1cn(-c2ccc(C(c3ccc(-n4ccnc4)cc3)(c3ccc(-n4ccnc4)cc3)c3ccc(-n4ccnc4)cc3)cc2)cn1. The van der Waals surface area contributed by atoms with Gasteiger partial charge in [-0.25, -0.2) is 19.9 Å². The minimum absolute atomic E-state index is 0.637. The normalized spacial score (nSPS) is 11.6. The molecule has 0 radical (unpaired) electrons. The number of aromatic nitrogens is 8. The second kappa shape index (κ2) is 11.1. The van der Waals surface area contributed by atoms with Crippen molar-refractivity contribution < 1.29 is 0 Å². The molecule has 0 amide bonds. The van der Waals surface area contributed by atoms with Gasteiger partial charge < -0.3 is 18.3 Å². The van der Waals surface area contributed by atoms with Crippen LogP contribution in [-0.2, 0) is 5.41 Å². The Hall–Kier alpha value is -6.28. The van der Waals surface area contributed by atoms with Gasteiger partial charge in [0.05, 0.1) is 30.7 Å². The summed E-state index contributed by atoms with van der Waals surface area (Å²) in [5.74, 6) is 0. The zero-order chi connectivity index (χ0) is 30.1. The molecule has 4 aromatic carbocycles. The first-order chi connectivity index (χ1) is 22.3. The van der Waals surface area contributed by atoms with E-state index in [1.165, 1.54) is 0 Å². The molecule has 0 saturated carbocycles. The summed E-state index contributed by atoms with van der Waals surface area (Å²) in [4.78, 5) is 17.0. The van der Waals surface area contributed by atoms with Crippen LogP contribution in [0, 0.1) is 0 Å². The van der Waals surface area contributed by atoms with Crippen LogP contribution in [0.3, 0.4) is 0 Å². The van der Waals surface area contributed by atoms with Gasteiger partial charge in [-0.3, -0.25) is 0 Å². The average molecular weight is 585 g/mol. The van der Waals surface area contributed by atoms with Crippen LogP contribution in [0.5, 0.6) is 0 Å². The molecule has 0 saturated heterocycles. The Kier molecular flexibility index (Phi) is 6.50. The first-order valence-electron chi connectivity index (χ1n) is 14.6. The minimum atomic E-state index is -0.637. The van der Waals surface area contributed by atoms with Crippen molar-refractivity contribution in [2.75, 3.05) is 0 Å². The molecule has 0 spiro atoms. The molecule has 0 bridgehead atoms. The quantitative estimate of drug-likeness (QED) is 0.184. The van der Waals surface area contributed by atoms with Crippen LogP contribution in [0.4, 0.5) is 0 Å². The summed E-state index contributed by atoms with van der Waals surface area (Å²) in [6.45, 7) is 0. The van der Waals surface area contributed by atoms with Crippen molar-refractivity contribution in [3.8, 4) is 22.7 Å². The lowest BCUT2D eigenvalue weighted by Crippen LogP contribution is -2.31. The summed E-state index contributed by atoms with van der Waals surface area (Å²) in [6.07, 6.45) is 22.3. The van der Waals surface area contributed by atoms with Crippen LogP contribution in [0.2, 0.25) is 0 Å². The highest BCUT2D eigenvalue weighted by Crippen LogP contribution is 2.46. The molecule has 0 fully saturated rings. The van der Waals surface area contributed by atoms with Crippen LogP contribution in [0.1, 0.15) is 22.3 Å². The van der Waals surface area contributed by atoms with Crippen molar-refractivity contribution in [2.24, 2.45) is 0 Å². The topological polar surface area (TPSA) is 71.3 Å². The Bertz CT molecular complexity index is 1770.